The molecule has 0 aliphatic heterocycles. The van der Waals surface area contributed by atoms with Crippen molar-refractivity contribution >= 4 is 33.7 Å². The highest BCUT2D eigenvalue weighted by molar-refractivity contribution is 6.63. The van der Waals surface area contributed by atoms with Gasteiger partial charge >= 0.3 is 0 Å². The lowest BCUT2D eigenvalue weighted by molar-refractivity contribution is -0.112. The number of carbonyl (C=O) groups excluding carboxylic acids is 2. The lowest BCUT2D eigenvalue weighted by Crippen LogP contribution is -1.91. The van der Waals surface area contributed by atoms with Crippen LogP contribution in [0.4, 0.5) is 0 Å². The van der Waals surface area contributed by atoms with Crippen LogP contribution >= 0.6 is 23.2 Å². The van der Waals surface area contributed by atoms with Gasteiger partial charge in [0.1, 0.15) is 0 Å². The molecule has 0 saturated heterocycles. The second-order valence-corrected chi connectivity index (χ2v) is 5.42. The number of hydrogen-bond donors (Lipinski definition) is 0. The fourth-order valence-corrected chi connectivity index (χ4v) is 1.02. The Bertz CT molecular complexity index is 179. The first kappa shape index (κ1) is 18.3. The van der Waals surface area contributed by atoms with Crippen LogP contribution in [-0.4, -0.2) is 10.5 Å². The van der Waals surface area contributed by atoms with Gasteiger partial charge in [0, 0.05) is 12.8 Å². The molecule has 0 amide bonds. The summed E-state index contributed by atoms with van der Waals surface area (Å²) < 4.78 is 0. The molecule has 0 heterocycles. The van der Waals surface area contributed by atoms with Gasteiger partial charge in [0.05, 0.1) is 0 Å². The quantitative estimate of drug-likeness (QED) is 0.671. The van der Waals surface area contributed by atoms with Crippen molar-refractivity contribution in [2.24, 2.45) is 11.8 Å². The van der Waals surface area contributed by atoms with Crippen molar-refractivity contribution in [1.29, 1.82) is 0 Å². The molecule has 0 N–H and O–H groups in total. The SMILES string of the molecule is CC(C)CCC(=O)Cl.CC(C)CCC(=O)Cl. The fourth-order valence-electron chi connectivity index (χ4n) is 0.804. The average Bonchev–Trinajstić information content (AvgIpc) is 2.12. The summed E-state index contributed by atoms with van der Waals surface area (Å²) in [5, 5.41) is -0.447. The van der Waals surface area contributed by atoms with E-state index in [1.165, 1.54) is 0 Å². The Morgan fingerprint density at radius 1 is 0.812 bits per heavy atom. The topological polar surface area (TPSA) is 34.1 Å². The van der Waals surface area contributed by atoms with Crippen LogP contribution in [0.5, 0.6) is 0 Å². The maximum atomic E-state index is 10.1. The molecule has 0 aromatic rings. The highest BCUT2D eigenvalue weighted by Gasteiger charge is 1.98. The molecule has 0 atom stereocenters. The summed E-state index contributed by atoms with van der Waals surface area (Å²) in [5.41, 5.74) is 0. The second-order valence-electron chi connectivity index (χ2n) is 4.58. The molecular formula is C12H22Cl2O2. The predicted octanol–water partition coefficient (Wildman–Crippen LogP) is 4.38. The summed E-state index contributed by atoms with van der Waals surface area (Å²) in [7, 11) is 0. The lowest BCUT2D eigenvalue weighted by Gasteiger charge is -1.97. The maximum Gasteiger partial charge on any atom is 0.221 e. The largest absolute Gasteiger partial charge is 0.281 e. The third-order valence-corrected chi connectivity index (χ3v) is 2.21. The van der Waals surface area contributed by atoms with Crippen LogP contribution in [0.1, 0.15) is 53.4 Å². The maximum absolute atomic E-state index is 10.1. The van der Waals surface area contributed by atoms with Gasteiger partial charge in [-0.2, -0.15) is 0 Å². The third-order valence-electron chi connectivity index (χ3n) is 1.84. The van der Waals surface area contributed by atoms with Gasteiger partial charge in [-0.15, -0.1) is 0 Å². The summed E-state index contributed by atoms with van der Waals surface area (Å²) in [5.74, 6) is 1.16. The fraction of sp³-hybridized carbons (Fsp3) is 0.833. The zero-order chi connectivity index (χ0) is 13.1. The molecule has 2 nitrogen and oxygen atoms in total. The summed E-state index contributed by atoms with van der Waals surface area (Å²) in [6.07, 6.45) is 2.84. The Hall–Kier alpha value is -0.0800. The molecule has 0 aromatic heterocycles. The molecule has 96 valence electrons. The second kappa shape index (κ2) is 11.4. The number of hydrogen-bond acceptors (Lipinski definition) is 2. The van der Waals surface area contributed by atoms with Gasteiger partial charge in [0.15, 0.2) is 0 Å². The van der Waals surface area contributed by atoms with E-state index in [-0.39, 0.29) is 10.5 Å². The minimum Gasteiger partial charge on any atom is -0.281 e. The lowest BCUT2D eigenvalue weighted by atomic mass is 10.1. The van der Waals surface area contributed by atoms with Gasteiger partial charge in [-0.3, -0.25) is 9.59 Å². The molecule has 0 spiro atoms. The average molecular weight is 269 g/mol. The first-order valence-corrected chi connectivity index (χ1v) is 6.38. The van der Waals surface area contributed by atoms with Gasteiger partial charge in [-0.25, -0.2) is 0 Å². The molecule has 0 fully saturated rings. The molecule has 0 rings (SSSR count). The van der Waals surface area contributed by atoms with Gasteiger partial charge in [-0.05, 0) is 47.9 Å². The van der Waals surface area contributed by atoms with Gasteiger partial charge in [0.25, 0.3) is 0 Å². The number of carbonyl (C=O) groups is 2. The first-order valence-electron chi connectivity index (χ1n) is 5.62. The first-order chi connectivity index (χ1) is 7.25. The molecule has 0 unspecified atom stereocenters. The van der Waals surface area contributed by atoms with Crippen LogP contribution in [0.15, 0.2) is 0 Å². The van der Waals surface area contributed by atoms with Crippen molar-refractivity contribution < 1.29 is 9.59 Å². The van der Waals surface area contributed by atoms with Crippen LogP contribution in [0.2, 0.25) is 0 Å². The van der Waals surface area contributed by atoms with Crippen molar-refractivity contribution in [2.75, 3.05) is 0 Å². The van der Waals surface area contributed by atoms with E-state index in [4.69, 9.17) is 23.2 Å². The molecule has 0 radical (unpaired) electrons. The standard InChI is InChI=1S/2C6H11ClO/c2*1-5(2)3-4-6(7)8/h2*5H,3-4H2,1-2H3. The Balaban J connectivity index is 0. The zero-order valence-corrected chi connectivity index (χ0v) is 12.1. The van der Waals surface area contributed by atoms with E-state index in [1.54, 1.807) is 0 Å². The summed E-state index contributed by atoms with van der Waals surface area (Å²) in [6, 6.07) is 0. The van der Waals surface area contributed by atoms with E-state index in [9.17, 15) is 9.59 Å². The minimum atomic E-state index is -0.223. The Morgan fingerprint density at radius 3 is 1.12 bits per heavy atom. The van der Waals surface area contributed by atoms with E-state index in [1.807, 2.05) is 0 Å². The van der Waals surface area contributed by atoms with Crippen LogP contribution in [0, 0.1) is 11.8 Å². The smallest absolute Gasteiger partial charge is 0.221 e. The Kier molecular flexibility index (Phi) is 13.0. The number of halogens is 2. The zero-order valence-electron chi connectivity index (χ0n) is 10.6. The molecule has 0 bridgehead atoms. The van der Waals surface area contributed by atoms with Crippen molar-refractivity contribution in [3.8, 4) is 0 Å². The minimum absolute atomic E-state index is 0.223. The third kappa shape index (κ3) is 23.6. The molecule has 0 aromatic carbocycles. The monoisotopic (exact) mass is 268 g/mol. The van der Waals surface area contributed by atoms with Crippen LogP contribution in [-0.2, 0) is 9.59 Å². The van der Waals surface area contributed by atoms with E-state index in [0.717, 1.165) is 12.8 Å². The Labute approximate surface area is 109 Å². The van der Waals surface area contributed by atoms with Gasteiger partial charge in [-0.1, -0.05) is 27.7 Å². The molecule has 0 saturated carbocycles. The van der Waals surface area contributed by atoms with Crippen molar-refractivity contribution in [3.05, 3.63) is 0 Å². The molecule has 0 aliphatic carbocycles. The van der Waals surface area contributed by atoms with Crippen LogP contribution in [0.25, 0.3) is 0 Å². The highest BCUT2D eigenvalue weighted by Crippen LogP contribution is 2.05. The highest BCUT2D eigenvalue weighted by atomic mass is 35.5. The predicted molar refractivity (Wildman–Crippen MR) is 69.9 cm³/mol. The summed E-state index contributed by atoms with van der Waals surface area (Å²) in [6.45, 7) is 8.28. The molecular weight excluding hydrogens is 247 g/mol. The van der Waals surface area contributed by atoms with Crippen molar-refractivity contribution in [2.45, 2.75) is 53.4 Å². The van der Waals surface area contributed by atoms with Crippen LogP contribution < -0.4 is 0 Å². The summed E-state index contributed by atoms with van der Waals surface area (Å²) >= 11 is 10.2. The normalized spacial score (nSPS) is 10.0. The molecule has 16 heavy (non-hydrogen) atoms. The molecule has 4 heteroatoms. The van der Waals surface area contributed by atoms with Crippen molar-refractivity contribution in [3.63, 3.8) is 0 Å². The molecule has 0 aliphatic rings. The van der Waals surface area contributed by atoms with Gasteiger partial charge in [0.2, 0.25) is 10.5 Å². The van der Waals surface area contributed by atoms with E-state index >= 15 is 0 Å². The van der Waals surface area contributed by atoms with E-state index < -0.39 is 0 Å². The summed E-state index contributed by atoms with van der Waals surface area (Å²) in [4.78, 5) is 20.2. The van der Waals surface area contributed by atoms with Gasteiger partial charge < -0.3 is 0 Å². The Morgan fingerprint density at radius 2 is 1.06 bits per heavy atom. The number of rotatable bonds is 6. The van der Waals surface area contributed by atoms with E-state index in [2.05, 4.69) is 27.7 Å². The van der Waals surface area contributed by atoms with Crippen molar-refractivity contribution in [1.82, 2.24) is 0 Å². The van der Waals surface area contributed by atoms with Crippen LogP contribution in [0.3, 0.4) is 0 Å². The van der Waals surface area contributed by atoms with E-state index in [0.29, 0.717) is 24.7 Å².